The van der Waals surface area contributed by atoms with E-state index in [4.69, 9.17) is 4.74 Å². The molecule has 0 N–H and O–H groups in total. The lowest BCUT2D eigenvalue weighted by Gasteiger charge is -2.43. The van der Waals surface area contributed by atoms with E-state index >= 15 is 0 Å². The predicted molar refractivity (Wildman–Crippen MR) is 75.7 cm³/mol. The van der Waals surface area contributed by atoms with Gasteiger partial charge >= 0.3 is 0 Å². The van der Waals surface area contributed by atoms with Gasteiger partial charge < -0.3 is 9.64 Å². The summed E-state index contributed by atoms with van der Waals surface area (Å²) in [6.45, 7) is 9.48. The highest BCUT2D eigenvalue weighted by molar-refractivity contribution is 7.89. The van der Waals surface area contributed by atoms with Gasteiger partial charge in [0.2, 0.25) is 10.0 Å². The normalized spacial score (nSPS) is 29.7. The van der Waals surface area contributed by atoms with E-state index in [0.717, 1.165) is 13.1 Å². The maximum Gasteiger partial charge on any atom is 0.216 e. The first kappa shape index (κ1) is 15.2. The first-order chi connectivity index (χ1) is 8.81. The number of sulfonamides is 1. The molecule has 1 atom stereocenters. The zero-order chi connectivity index (χ0) is 14.1. The fraction of sp³-hybridized carbons (Fsp3) is 1.00. The standard InChI is InChI=1S/C13H26N2O3S/c1-12-10-15(13(2,3)11-18-12)19(16,17)9-8-14-6-4-5-7-14/h12H,4-11H2,1-3H3/t12-/m0/s1. The van der Waals surface area contributed by atoms with Crippen molar-refractivity contribution in [2.75, 3.05) is 38.5 Å². The SMILES string of the molecule is C[C@H]1CN(S(=O)(=O)CCN2CCCC2)C(C)(C)CO1. The van der Waals surface area contributed by atoms with Crippen LogP contribution < -0.4 is 0 Å². The first-order valence-corrected chi connectivity index (χ1v) is 8.77. The van der Waals surface area contributed by atoms with Gasteiger partial charge in [-0.3, -0.25) is 0 Å². The molecule has 0 amide bonds. The Bertz CT molecular complexity index is 402. The van der Waals surface area contributed by atoms with Gasteiger partial charge in [0, 0.05) is 13.1 Å². The van der Waals surface area contributed by atoms with Gasteiger partial charge in [0.05, 0.1) is 24.0 Å². The molecule has 6 heteroatoms. The highest BCUT2D eigenvalue weighted by Gasteiger charge is 2.40. The van der Waals surface area contributed by atoms with Crippen molar-refractivity contribution in [3.8, 4) is 0 Å². The molecule has 19 heavy (non-hydrogen) atoms. The van der Waals surface area contributed by atoms with Crippen LogP contribution in [0.4, 0.5) is 0 Å². The van der Waals surface area contributed by atoms with Gasteiger partial charge in [-0.05, 0) is 46.7 Å². The molecule has 2 fully saturated rings. The van der Waals surface area contributed by atoms with E-state index in [1.54, 1.807) is 4.31 Å². The Balaban J connectivity index is 2.00. The van der Waals surface area contributed by atoms with Crippen molar-refractivity contribution < 1.29 is 13.2 Å². The second kappa shape index (κ2) is 5.68. The van der Waals surface area contributed by atoms with Crippen LogP contribution in [-0.4, -0.2) is 67.8 Å². The average molecular weight is 290 g/mol. The van der Waals surface area contributed by atoms with Gasteiger partial charge in [-0.25, -0.2) is 8.42 Å². The molecule has 0 bridgehead atoms. The number of ether oxygens (including phenoxy) is 1. The fourth-order valence-electron chi connectivity index (χ4n) is 2.80. The number of nitrogens with zero attached hydrogens (tertiary/aromatic N) is 2. The molecule has 0 radical (unpaired) electrons. The van der Waals surface area contributed by atoms with Crippen molar-refractivity contribution in [1.82, 2.24) is 9.21 Å². The molecule has 0 spiro atoms. The van der Waals surface area contributed by atoms with Crippen LogP contribution >= 0.6 is 0 Å². The number of hydrogen-bond donors (Lipinski definition) is 0. The highest BCUT2D eigenvalue weighted by atomic mass is 32.2. The Morgan fingerprint density at radius 1 is 1.26 bits per heavy atom. The fourth-order valence-corrected chi connectivity index (χ4v) is 4.75. The van der Waals surface area contributed by atoms with Crippen LogP contribution in [0.25, 0.3) is 0 Å². The summed E-state index contributed by atoms with van der Waals surface area (Å²) in [5.41, 5.74) is -0.434. The van der Waals surface area contributed by atoms with E-state index in [9.17, 15) is 8.42 Å². The van der Waals surface area contributed by atoms with Crippen LogP contribution in [0.5, 0.6) is 0 Å². The van der Waals surface area contributed by atoms with Crippen LogP contribution in [0, 0.1) is 0 Å². The van der Waals surface area contributed by atoms with E-state index < -0.39 is 15.6 Å². The van der Waals surface area contributed by atoms with Gasteiger partial charge in [-0.15, -0.1) is 0 Å². The minimum Gasteiger partial charge on any atom is -0.375 e. The Morgan fingerprint density at radius 3 is 2.53 bits per heavy atom. The molecule has 0 aromatic carbocycles. The van der Waals surface area contributed by atoms with Crippen LogP contribution in [0.1, 0.15) is 33.6 Å². The van der Waals surface area contributed by atoms with Gasteiger partial charge in [0.15, 0.2) is 0 Å². The summed E-state index contributed by atoms with van der Waals surface area (Å²) in [5.74, 6) is 0.225. The van der Waals surface area contributed by atoms with Crippen molar-refractivity contribution in [3.05, 3.63) is 0 Å². The number of likely N-dealkylation sites (tertiary alicyclic amines) is 1. The lowest BCUT2D eigenvalue weighted by molar-refractivity contribution is -0.0551. The van der Waals surface area contributed by atoms with Crippen LogP contribution in [0.15, 0.2) is 0 Å². The van der Waals surface area contributed by atoms with Crippen LogP contribution in [0.3, 0.4) is 0 Å². The molecule has 2 heterocycles. The third-order valence-corrected chi connectivity index (χ3v) is 6.03. The summed E-state index contributed by atoms with van der Waals surface area (Å²) in [7, 11) is -3.20. The molecule has 0 aliphatic carbocycles. The largest absolute Gasteiger partial charge is 0.375 e. The molecule has 2 aliphatic heterocycles. The summed E-state index contributed by atoms with van der Waals surface area (Å²) in [6, 6.07) is 0. The zero-order valence-electron chi connectivity index (χ0n) is 12.3. The highest BCUT2D eigenvalue weighted by Crippen LogP contribution is 2.25. The Labute approximate surface area is 117 Å². The van der Waals surface area contributed by atoms with E-state index in [0.29, 0.717) is 19.7 Å². The summed E-state index contributed by atoms with van der Waals surface area (Å²) in [5, 5.41) is 0. The second-order valence-corrected chi connectivity index (χ2v) is 8.34. The van der Waals surface area contributed by atoms with Crippen LogP contribution in [0.2, 0.25) is 0 Å². The molecule has 112 valence electrons. The lowest BCUT2D eigenvalue weighted by atomic mass is 10.1. The molecular weight excluding hydrogens is 264 g/mol. The van der Waals surface area contributed by atoms with Crippen LogP contribution in [-0.2, 0) is 14.8 Å². The number of morpholine rings is 1. The van der Waals surface area contributed by atoms with Gasteiger partial charge in [0.25, 0.3) is 0 Å². The number of hydrogen-bond acceptors (Lipinski definition) is 4. The zero-order valence-corrected chi connectivity index (χ0v) is 13.1. The van der Waals surface area contributed by atoms with Crippen molar-refractivity contribution >= 4 is 10.0 Å². The maximum absolute atomic E-state index is 12.5. The van der Waals surface area contributed by atoms with Gasteiger partial charge in [-0.1, -0.05) is 0 Å². The molecule has 5 nitrogen and oxygen atoms in total. The van der Waals surface area contributed by atoms with E-state index in [2.05, 4.69) is 4.90 Å². The summed E-state index contributed by atoms with van der Waals surface area (Å²) in [6.07, 6.45) is 2.37. The molecule has 2 saturated heterocycles. The lowest BCUT2D eigenvalue weighted by Crippen LogP contribution is -2.58. The molecular formula is C13H26N2O3S. The van der Waals surface area contributed by atoms with Crippen molar-refractivity contribution in [1.29, 1.82) is 0 Å². The quantitative estimate of drug-likeness (QED) is 0.772. The Kier molecular flexibility index (Phi) is 4.55. The third kappa shape index (κ3) is 3.68. The molecule has 0 aromatic heterocycles. The molecule has 0 aromatic rings. The minimum absolute atomic E-state index is 0.0189. The summed E-state index contributed by atoms with van der Waals surface area (Å²) >= 11 is 0. The van der Waals surface area contributed by atoms with E-state index in [-0.39, 0.29) is 11.9 Å². The smallest absolute Gasteiger partial charge is 0.216 e. The topological polar surface area (TPSA) is 49.9 Å². The van der Waals surface area contributed by atoms with Gasteiger partial charge in [0.1, 0.15) is 0 Å². The van der Waals surface area contributed by atoms with Crippen molar-refractivity contribution in [2.45, 2.75) is 45.3 Å². The predicted octanol–water partition coefficient (Wildman–Crippen LogP) is 0.911. The molecule has 0 saturated carbocycles. The second-order valence-electron chi connectivity index (χ2n) is 6.33. The summed E-state index contributed by atoms with van der Waals surface area (Å²) in [4.78, 5) is 2.24. The van der Waals surface area contributed by atoms with Crippen molar-refractivity contribution in [2.24, 2.45) is 0 Å². The summed E-state index contributed by atoms with van der Waals surface area (Å²) < 4.78 is 32.3. The Morgan fingerprint density at radius 2 is 1.89 bits per heavy atom. The first-order valence-electron chi connectivity index (χ1n) is 7.16. The van der Waals surface area contributed by atoms with E-state index in [1.807, 2.05) is 20.8 Å². The monoisotopic (exact) mass is 290 g/mol. The van der Waals surface area contributed by atoms with Crippen molar-refractivity contribution in [3.63, 3.8) is 0 Å². The third-order valence-electron chi connectivity index (χ3n) is 4.02. The minimum atomic E-state index is -3.20. The molecule has 2 aliphatic rings. The van der Waals surface area contributed by atoms with Gasteiger partial charge in [-0.2, -0.15) is 4.31 Å². The molecule has 0 unspecified atom stereocenters. The Hall–Kier alpha value is -0.170. The maximum atomic E-state index is 12.5. The van der Waals surface area contributed by atoms with E-state index in [1.165, 1.54) is 12.8 Å². The number of rotatable bonds is 4. The molecule has 2 rings (SSSR count). The average Bonchev–Trinajstić information content (AvgIpc) is 2.83.